The van der Waals surface area contributed by atoms with Crippen LogP contribution in [0.3, 0.4) is 0 Å². The third-order valence-corrected chi connectivity index (χ3v) is 5.58. The number of alkyl halides is 1. The monoisotopic (exact) mass is 341 g/mol. The van der Waals surface area contributed by atoms with Gasteiger partial charge in [0.05, 0.1) is 0 Å². The number of phenolic OH excluding ortho intramolecular Hbond substituents is 1. The highest BCUT2D eigenvalue weighted by molar-refractivity contribution is 5.82. The van der Waals surface area contributed by atoms with Gasteiger partial charge in [-0.25, -0.2) is 4.39 Å². The summed E-state index contributed by atoms with van der Waals surface area (Å²) in [6, 6.07) is 8.51. The van der Waals surface area contributed by atoms with Gasteiger partial charge < -0.3 is 9.84 Å². The van der Waals surface area contributed by atoms with E-state index in [1.54, 1.807) is 0 Å². The van der Waals surface area contributed by atoms with Crippen LogP contribution < -0.4 is 4.74 Å². The van der Waals surface area contributed by atoms with Crippen LogP contribution in [0.1, 0.15) is 35.2 Å². The molecule has 2 aromatic carbocycles. The molecule has 2 aliphatic rings. The van der Waals surface area contributed by atoms with Gasteiger partial charge in [0.1, 0.15) is 24.8 Å². The standard InChI is InChI=1S/C21H24FNO2/c1-3-23-8-6-15-10-16(25-9-7-22)12-17-19(15)18(23)11-14-5-4-13(2)21(24)20(14)17/h4-5,10,12,18,24H,3,6-9,11H2,1-2H3/t18-/m1/s1. The number of aromatic hydroxyl groups is 1. The summed E-state index contributed by atoms with van der Waals surface area (Å²) in [4.78, 5) is 2.51. The predicted molar refractivity (Wildman–Crippen MR) is 97.1 cm³/mol. The molecule has 3 nitrogen and oxygen atoms in total. The van der Waals surface area contributed by atoms with Gasteiger partial charge >= 0.3 is 0 Å². The van der Waals surface area contributed by atoms with Crippen LogP contribution in [0.2, 0.25) is 0 Å². The number of likely N-dealkylation sites (N-methyl/N-ethyl adjacent to an activating group) is 1. The molecule has 132 valence electrons. The lowest BCUT2D eigenvalue weighted by Gasteiger charge is -2.41. The number of hydrogen-bond acceptors (Lipinski definition) is 3. The fourth-order valence-electron chi connectivity index (χ4n) is 4.36. The molecule has 1 N–H and O–H groups in total. The molecule has 0 radical (unpaired) electrons. The normalized spacial score (nSPS) is 18.6. The van der Waals surface area contributed by atoms with Crippen molar-refractivity contribution < 1.29 is 14.2 Å². The molecule has 1 aliphatic heterocycles. The fraction of sp³-hybridized carbons (Fsp3) is 0.429. The van der Waals surface area contributed by atoms with Gasteiger partial charge in [0.15, 0.2) is 0 Å². The summed E-state index contributed by atoms with van der Waals surface area (Å²) in [5.41, 5.74) is 6.62. The van der Waals surface area contributed by atoms with Crippen LogP contribution in [-0.2, 0) is 12.8 Å². The van der Waals surface area contributed by atoms with E-state index in [1.807, 2.05) is 19.1 Å². The summed E-state index contributed by atoms with van der Waals surface area (Å²) < 4.78 is 18.1. The van der Waals surface area contributed by atoms with Crippen LogP contribution in [0.25, 0.3) is 11.1 Å². The molecule has 1 heterocycles. The second-order valence-electron chi connectivity index (χ2n) is 6.94. The van der Waals surface area contributed by atoms with Crippen LogP contribution in [0.5, 0.6) is 11.5 Å². The maximum absolute atomic E-state index is 12.6. The van der Waals surface area contributed by atoms with Gasteiger partial charge in [0, 0.05) is 18.2 Å². The quantitative estimate of drug-likeness (QED) is 0.905. The highest BCUT2D eigenvalue weighted by atomic mass is 19.1. The maximum atomic E-state index is 12.6. The van der Waals surface area contributed by atoms with Crippen molar-refractivity contribution in [3.8, 4) is 22.6 Å². The van der Waals surface area contributed by atoms with Crippen LogP contribution in [-0.4, -0.2) is 36.4 Å². The molecule has 0 spiro atoms. The Hall–Kier alpha value is -2.07. The first kappa shape index (κ1) is 16.4. The van der Waals surface area contributed by atoms with Crippen molar-refractivity contribution in [1.29, 1.82) is 0 Å². The molecule has 25 heavy (non-hydrogen) atoms. The van der Waals surface area contributed by atoms with Crippen molar-refractivity contribution in [3.63, 3.8) is 0 Å². The van der Waals surface area contributed by atoms with E-state index in [4.69, 9.17) is 4.74 Å². The van der Waals surface area contributed by atoms with E-state index in [0.29, 0.717) is 17.5 Å². The number of ether oxygens (including phenoxy) is 1. The second-order valence-corrected chi connectivity index (χ2v) is 6.94. The Morgan fingerprint density at radius 1 is 1.28 bits per heavy atom. The Morgan fingerprint density at radius 3 is 2.88 bits per heavy atom. The summed E-state index contributed by atoms with van der Waals surface area (Å²) in [7, 11) is 0. The number of nitrogens with zero attached hydrogens (tertiary/aromatic N) is 1. The summed E-state index contributed by atoms with van der Waals surface area (Å²) >= 11 is 0. The van der Waals surface area contributed by atoms with Gasteiger partial charge in [-0.05, 0) is 66.3 Å². The molecule has 0 unspecified atom stereocenters. The summed E-state index contributed by atoms with van der Waals surface area (Å²) in [5.74, 6) is 1.05. The van der Waals surface area contributed by atoms with Gasteiger partial charge in [0.25, 0.3) is 0 Å². The minimum atomic E-state index is -0.500. The highest BCUT2D eigenvalue weighted by Gasteiger charge is 2.35. The first-order valence-corrected chi connectivity index (χ1v) is 9.05. The topological polar surface area (TPSA) is 32.7 Å². The molecule has 0 saturated heterocycles. The Balaban J connectivity index is 1.94. The van der Waals surface area contributed by atoms with Crippen LogP contribution in [0, 0.1) is 6.92 Å². The zero-order valence-electron chi connectivity index (χ0n) is 14.8. The number of halogens is 1. The average Bonchev–Trinajstić information content (AvgIpc) is 2.63. The molecule has 0 amide bonds. The van der Waals surface area contributed by atoms with E-state index in [-0.39, 0.29) is 6.61 Å². The number of rotatable bonds is 4. The van der Waals surface area contributed by atoms with Crippen molar-refractivity contribution in [2.75, 3.05) is 26.4 Å². The summed E-state index contributed by atoms with van der Waals surface area (Å²) in [6.07, 6.45) is 1.88. The molecule has 0 saturated carbocycles. The Morgan fingerprint density at radius 2 is 2.12 bits per heavy atom. The Kier molecular flexibility index (Phi) is 4.16. The number of aryl methyl sites for hydroxylation is 1. The largest absolute Gasteiger partial charge is 0.507 e. The third kappa shape index (κ3) is 2.60. The molecule has 4 heteroatoms. The molecule has 1 aliphatic carbocycles. The fourth-order valence-corrected chi connectivity index (χ4v) is 4.36. The van der Waals surface area contributed by atoms with E-state index in [1.165, 1.54) is 16.7 Å². The van der Waals surface area contributed by atoms with E-state index >= 15 is 0 Å². The average molecular weight is 341 g/mol. The van der Waals surface area contributed by atoms with E-state index < -0.39 is 6.67 Å². The number of phenols is 1. The van der Waals surface area contributed by atoms with E-state index in [0.717, 1.165) is 42.6 Å². The van der Waals surface area contributed by atoms with Gasteiger partial charge in [-0.15, -0.1) is 0 Å². The number of fused-ring (bicyclic) bond motifs is 2. The Bertz CT molecular complexity index is 818. The highest BCUT2D eigenvalue weighted by Crippen LogP contribution is 2.50. The van der Waals surface area contributed by atoms with E-state index in [2.05, 4.69) is 24.0 Å². The second kappa shape index (κ2) is 6.34. The molecule has 0 fully saturated rings. The van der Waals surface area contributed by atoms with E-state index in [9.17, 15) is 9.50 Å². The van der Waals surface area contributed by atoms with Crippen LogP contribution in [0.15, 0.2) is 24.3 Å². The first-order valence-electron chi connectivity index (χ1n) is 9.05. The minimum Gasteiger partial charge on any atom is -0.507 e. The van der Waals surface area contributed by atoms with Crippen LogP contribution in [0.4, 0.5) is 4.39 Å². The zero-order valence-corrected chi connectivity index (χ0v) is 14.8. The predicted octanol–water partition coefficient (Wildman–Crippen LogP) is 4.19. The molecule has 0 aromatic heterocycles. The number of benzene rings is 2. The van der Waals surface area contributed by atoms with Crippen molar-refractivity contribution in [3.05, 3.63) is 46.5 Å². The van der Waals surface area contributed by atoms with Crippen molar-refractivity contribution in [2.24, 2.45) is 0 Å². The SMILES string of the molecule is CCN1CCc2cc(OCCF)cc3c2[C@H]1Cc1ccc(C)c(O)c1-3. The van der Waals surface area contributed by atoms with Crippen molar-refractivity contribution in [1.82, 2.24) is 4.90 Å². The van der Waals surface area contributed by atoms with Gasteiger partial charge in [-0.2, -0.15) is 0 Å². The van der Waals surface area contributed by atoms with Gasteiger partial charge in [0.2, 0.25) is 0 Å². The lowest BCUT2D eigenvalue weighted by Crippen LogP contribution is -2.38. The van der Waals surface area contributed by atoms with Gasteiger partial charge in [-0.1, -0.05) is 19.1 Å². The van der Waals surface area contributed by atoms with Crippen LogP contribution >= 0.6 is 0 Å². The molecular formula is C21H24FNO2. The lowest BCUT2D eigenvalue weighted by molar-refractivity contribution is 0.192. The molecule has 2 aromatic rings. The maximum Gasteiger partial charge on any atom is 0.126 e. The minimum absolute atomic E-state index is 0.0649. The van der Waals surface area contributed by atoms with Gasteiger partial charge in [-0.3, -0.25) is 4.90 Å². The van der Waals surface area contributed by atoms with Crippen molar-refractivity contribution >= 4 is 0 Å². The Labute approximate surface area is 148 Å². The number of hydrogen-bond donors (Lipinski definition) is 1. The van der Waals surface area contributed by atoms with Crippen molar-refractivity contribution in [2.45, 2.75) is 32.7 Å². The smallest absolute Gasteiger partial charge is 0.126 e. The third-order valence-electron chi connectivity index (χ3n) is 5.58. The molecule has 4 rings (SSSR count). The summed E-state index contributed by atoms with van der Waals surface area (Å²) in [6.45, 7) is 5.72. The lowest BCUT2D eigenvalue weighted by atomic mass is 9.76. The molecule has 1 atom stereocenters. The summed E-state index contributed by atoms with van der Waals surface area (Å²) in [5, 5.41) is 10.7. The molecule has 0 bridgehead atoms. The first-order chi connectivity index (χ1) is 12.1. The molecular weight excluding hydrogens is 317 g/mol. The zero-order chi connectivity index (χ0) is 17.6.